The highest BCUT2D eigenvalue weighted by Crippen LogP contribution is 2.31. The van der Waals surface area contributed by atoms with Crippen LogP contribution < -0.4 is 0 Å². The molecule has 2 fully saturated rings. The predicted molar refractivity (Wildman–Crippen MR) is 80.3 cm³/mol. The van der Waals surface area contributed by atoms with Gasteiger partial charge in [0.25, 0.3) is 5.91 Å². The molecule has 2 aromatic rings. The molecule has 1 aromatic heterocycles. The Balaban J connectivity index is 1.57. The number of morpholine rings is 1. The molecule has 2 aliphatic rings. The SMILES string of the molecule is O=C(c1cc(-c2cccc(F)c2)no1)N1CCO[C@@H]2CCC[C@@H]21. The number of carbonyl (C=O) groups is 1. The number of rotatable bonds is 2. The van der Waals surface area contributed by atoms with Crippen LogP contribution in [-0.2, 0) is 4.74 Å². The second-order valence-electron chi connectivity index (χ2n) is 5.99. The van der Waals surface area contributed by atoms with Crippen LogP contribution in [0.15, 0.2) is 34.9 Å². The maximum Gasteiger partial charge on any atom is 0.292 e. The third-order valence-electron chi connectivity index (χ3n) is 4.58. The fourth-order valence-corrected chi connectivity index (χ4v) is 3.48. The number of ether oxygens (including phenoxy) is 1. The van der Waals surface area contributed by atoms with E-state index in [9.17, 15) is 9.18 Å². The molecule has 1 aliphatic heterocycles. The van der Waals surface area contributed by atoms with E-state index in [0.29, 0.717) is 24.4 Å². The van der Waals surface area contributed by atoms with Gasteiger partial charge in [0.05, 0.1) is 18.8 Å². The standard InChI is InChI=1S/C17H17FN2O3/c18-12-4-1-3-11(9-12)13-10-16(23-19-13)17(21)20-7-8-22-15-6-2-5-14(15)20/h1,3-4,9-10,14-15H,2,5-8H2/t14-,15+/m0/s1. The summed E-state index contributed by atoms with van der Waals surface area (Å²) >= 11 is 0. The fraction of sp³-hybridized carbons (Fsp3) is 0.412. The van der Waals surface area contributed by atoms with Gasteiger partial charge in [0, 0.05) is 18.2 Å². The Labute approximate surface area is 133 Å². The van der Waals surface area contributed by atoms with Gasteiger partial charge in [0.15, 0.2) is 0 Å². The summed E-state index contributed by atoms with van der Waals surface area (Å²) in [5, 5.41) is 3.91. The molecule has 0 radical (unpaired) electrons. The third-order valence-corrected chi connectivity index (χ3v) is 4.58. The van der Waals surface area contributed by atoms with Gasteiger partial charge in [-0.2, -0.15) is 0 Å². The molecule has 0 spiro atoms. The van der Waals surface area contributed by atoms with Crippen molar-refractivity contribution in [3.63, 3.8) is 0 Å². The average molecular weight is 316 g/mol. The quantitative estimate of drug-likeness (QED) is 0.855. The summed E-state index contributed by atoms with van der Waals surface area (Å²) in [6.07, 6.45) is 3.17. The van der Waals surface area contributed by atoms with E-state index in [1.54, 1.807) is 18.2 Å². The summed E-state index contributed by atoms with van der Waals surface area (Å²) in [7, 11) is 0. The molecule has 120 valence electrons. The van der Waals surface area contributed by atoms with E-state index in [1.165, 1.54) is 12.1 Å². The molecule has 6 heteroatoms. The van der Waals surface area contributed by atoms with Crippen molar-refractivity contribution in [1.29, 1.82) is 0 Å². The summed E-state index contributed by atoms with van der Waals surface area (Å²) in [5.74, 6) is -0.322. The summed E-state index contributed by atoms with van der Waals surface area (Å²) in [6.45, 7) is 1.12. The van der Waals surface area contributed by atoms with Crippen LogP contribution in [0.3, 0.4) is 0 Å². The molecule has 0 unspecified atom stereocenters. The second kappa shape index (κ2) is 5.77. The zero-order valence-electron chi connectivity index (χ0n) is 12.6. The monoisotopic (exact) mass is 316 g/mol. The van der Waals surface area contributed by atoms with Crippen LogP contribution in [-0.4, -0.2) is 41.3 Å². The van der Waals surface area contributed by atoms with Crippen molar-refractivity contribution < 1.29 is 18.4 Å². The van der Waals surface area contributed by atoms with Gasteiger partial charge < -0.3 is 14.2 Å². The van der Waals surface area contributed by atoms with Crippen molar-refractivity contribution in [2.75, 3.05) is 13.2 Å². The Kier molecular flexibility index (Phi) is 3.61. The molecule has 2 atom stereocenters. The molecular formula is C17H17FN2O3. The zero-order valence-corrected chi connectivity index (χ0v) is 12.6. The molecule has 0 N–H and O–H groups in total. The van der Waals surface area contributed by atoms with Crippen molar-refractivity contribution in [2.45, 2.75) is 31.4 Å². The average Bonchev–Trinajstić information content (AvgIpc) is 3.23. The molecule has 5 nitrogen and oxygen atoms in total. The number of carbonyl (C=O) groups excluding carboxylic acids is 1. The third kappa shape index (κ3) is 2.63. The molecule has 1 aliphatic carbocycles. The number of amides is 1. The molecule has 1 aromatic carbocycles. The molecule has 1 saturated carbocycles. The van der Waals surface area contributed by atoms with Gasteiger partial charge in [-0.3, -0.25) is 4.79 Å². The Bertz CT molecular complexity index is 730. The van der Waals surface area contributed by atoms with Crippen molar-refractivity contribution in [3.05, 3.63) is 41.9 Å². The minimum atomic E-state index is -0.347. The number of halogens is 1. The number of fused-ring (bicyclic) bond motifs is 1. The summed E-state index contributed by atoms with van der Waals surface area (Å²) in [6, 6.07) is 7.77. The van der Waals surface area contributed by atoms with Gasteiger partial charge >= 0.3 is 0 Å². The van der Waals surface area contributed by atoms with Gasteiger partial charge in [-0.15, -0.1) is 0 Å². The van der Waals surface area contributed by atoms with Crippen molar-refractivity contribution in [3.8, 4) is 11.3 Å². The lowest BCUT2D eigenvalue weighted by molar-refractivity contribution is -0.0456. The molecular weight excluding hydrogens is 299 g/mol. The maximum absolute atomic E-state index is 13.3. The van der Waals surface area contributed by atoms with E-state index in [-0.39, 0.29) is 29.6 Å². The van der Waals surface area contributed by atoms with Crippen LogP contribution in [0.5, 0.6) is 0 Å². The first-order chi connectivity index (χ1) is 11.2. The minimum absolute atomic E-state index is 0.124. The first-order valence-electron chi connectivity index (χ1n) is 7.87. The van der Waals surface area contributed by atoms with Gasteiger partial charge in [-0.25, -0.2) is 4.39 Å². The largest absolute Gasteiger partial charge is 0.374 e. The Hall–Kier alpha value is -2.21. The van der Waals surface area contributed by atoms with Crippen molar-refractivity contribution in [1.82, 2.24) is 10.1 Å². The van der Waals surface area contributed by atoms with E-state index in [1.807, 2.05) is 4.90 Å². The van der Waals surface area contributed by atoms with Crippen molar-refractivity contribution >= 4 is 5.91 Å². The summed E-state index contributed by atoms with van der Waals surface area (Å²) < 4.78 is 24.3. The molecule has 23 heavy (non-hydrogen) atoms. The Morgan fingerprint density at radius 1 is 1.30 bits per heavy atom. The second-order valence-corrected chi connectivity index (χ2v) is 5.99. The highest BCUT2D eigenvalue weighted by Gasteiger charge is 2.39. The van der Waals surface area contributed by atoms with Gasteiger partial charge in [-0.1, -0.05) is 17.3 Å². The van der Waals surface area contributed by atoms with Crippen LogP contribution >= 0.6 is 0 Å². The molecule has 2 heterocycles. The zero-order chi connectivity index (χ0) is 15.8. The Morgan fingerprint density at radius 2 is 2.22 bits per heavy atom. The normalized spacial score (nSPS) is 23.8. The fourth-order valence-electron chi connectivity index (χ4n) is 3.48. The van der Waals surface area contributed by atoms with Crippen LogP contribution in [0.2, 0.25) is 0 Å². The van der Waals surface area contributed by atoms with Crippen LogP contribution in [0.1, 0.15) is 29.8 Å². The molecule has 0 bridgehead atoms. The lowest BCUT2D eigenvalue weighted by Crippen LogP contribution is -2.51. The number of benzene rings is 1. The van der Waals surface area contributed by atoms with Crippen LogP contribution in [0.25, 0.3) is 11.3 Å². The first kappa shape index (κ1) is 14.4. The number of hydrogen-bond acceptors (Lipinski definition) is 4. The molecule has 4 rings (SSSR count). The highest BCUT2D eigenvalue weighted by molar-refractivity contribution is 5.92. The van der Waals surface area contributed by atoms with E-state index in [4.69, 9.17) is 9.26 Å². The number of aromatic nitrogens is 1. The smallest absolute Gasteiger partial charge is 0.292 e. The van der Waals surface area contributed by atoms with Crippen LogP contribution in [0.4, 0.5) is 4.39 Å². The van der Waals surface area contributed by atoms with Gasteiger partial charge in [-0.05, 0) is 31.4 Å². The topological polar surface area (TPSA) is 55.6 Å². The lowest BCUT2D eigenvalue weighted by Gasteiger charge is -2.37. The Morgan fingerprint density at radius 3 is 3.09 bits per heavy atom. The lowest BCUT2D eigenvalue weighted by atomic mass is 10.1. The van der Waals surface area contributed by atoms with E-state index >= 15 is 0 Å². The van der Waals surface area contributed by atoms with E-state index in [2.05, 4.69) is 5.16 Å². The maximum atomic E-state index is 13.3. The van der Waals surface area contributed by atoms with Gasteiger partial charge in [0.1, 0.15) is 11.5 Å². The van der Waals surface area contributed by atoms with Crippen LogP contribution in [0, 0.1) is 5.82 Å². The van der Waals surface area contributed by atoms with Crippen molar-refractivity contribution in [2.24, 2.45) is 0 Å². The molecule has 1 amide bonds. The molecule has 1 saturated heterocycles. The summed E-state index contributed by atoms with van der Waals surface area (Å²) in [5.41, 5.74) is 1.05. The number of hydrogen-bond donors (Lipinski definition) is 0. The minimum Gasteiger partial charge on any atom is -0.374 e. The van der Waals surface area contributed by atoms with E-state index < -0.39 is 0 Å². The summed E-state index contributed by atoms with van der Waals surface area (Å²) in [4.78, 5) is 14.5. The van der Waals surface area contributed by atoms with Gasteiger partial charge in [0.2, 0.25) is 5.76 Å². The van der Waals surface area contributed by atoms with E-state index in [0.717, 1.165) is 19.3 Å². The first-order valence-corrected chi connectivity index (χ1v) is 7.87. The number of nitrogens with zero attached hydrogens (tertiary/aromatic N) is 2. The highest BCUT2D eigenvalue weighted by atomic mass is 19.1. The predicted octanol–water partition coefficient (Wildman–Crippen LogP) is 2.87.